The number of carboxylic acid groups (broad SMARTS) is 1. The number of carboxylic acids is 1. The third-order valence-corrected chi connectivity index (χ3v) is 2.55. The fourth-order valence-electron chi connectivity index (χ4n) is 0.926. The van der Waals surface area contributed by atoms with Crippen molar-refractivity contribution >= 4 is 27.9 Å². The van der Waals surface area contributed by atoms with Crippen molar-refractivity contribution in [3.63, 3.8) is 0 Å². The number of aliphatic carboxylic acids is 1. The molecule has 0 aromatic heterocycles. The molecule has 1 aliphatic rings. The summed E-state index contributed by atoms with van der Waals surface area (Å²) in [5, 5.41) is 8.83. The van der Waals surface area contributed by atoms with Crippen molar-refractivity contribution in [2.45, 2.75) is 18.4 Å². The highest BCUT2D eigenvalue weighted by Crippen LogP contribution is 2.28. The molecule has 11 heavy (non-hydrogen) atoms. The molecule has 62 valence electrons. The van der Waals surface area contributed by atoms with Gasteiger partial charge >= 0.3 is 11.9 Å². The number of alkyl halides is 1. The molecule has 1 fully saturated rings. The summed E-state index contributed by atoms with van der Waals surface area (Å²) < 4.78 is 4.67. The van der Waals surface area contributed by atoms with Gasteiger partial charge in [-0.2, -0.15) is 0 Å². The minimum absolute atomic E-state index is 0.154. The monoisotopic (exact) mass is 222 g/mol. The van der Waals surface area contributed by atoms with Crippen molar-refractivity contribution < 1.29 is 19.4 Å². The minimum Gasteiger partial charge on any atom is -0.478 e. The van der Waals surface area contributed by atoms with E-state index in [-0.39, 0.29) is 18.2 Å². The molecule has 1 heterocycles. The summed E-state index contributed by atoms with van der Waals surface area (Å²) in [5.41, 5.74) is -1.31. The van der Waals surface area contributed by atoms with Crippen LogP contribution in [0.4, 0.5) is 0 Å². The van der Waals surface area contributed by atoms with E-state index in [0.717, 1.165) is 0 Å². The van der Waals surface area contributed by atoms with Gasteiger partial charge in [-0.3, -0.25) is 4.79 Å². The van der Waals surface area contributed by atoms with Crippen molar-refractivity contribution in [3.8, 4) is 0 Å². The van der Waals surface area contributed by atoms with Crippen LogP contribution in [-0.2, 0) is 14.3 Å². The van der Waals surface area contributed by atoms with Crippen LogP contribution >= 0.6 is 15.9 Å². The molecule has 0 amide bonds. The molecule has 1 rings (SSSR count). The first-order valence-corrected chi connectivity index (χ1v) is 4.24. The third-order valence-electron chi connectivity index (χ3n) is 1.65. The van der Waals surface area contributed by atoms with Crippen LogP contribution in [0.2, 0.25) is 0 Å². The summed E-state index contributed by atoms with van der Waals surface area (Å²) in [6.45, 7) is 0. The summed E-state index contributed by atoms with van der Waals surface area (Å²) in [5.74, 6) is -1.52. The first-order chi connectivity index (χ1) is 5.10. The second-order valence-electron chi connectivity index (χ2n) is 2.41. The van der Waals surface area contributed by atoms with Gasteiger partial charge in [0.05, 0.1) is 5.33 Å². The lowest BCUT2D eigenvalue weighted by molar-refractivity contribution is -0.166. The molecule has 0 aliphatic carbocycles. The summed E-state index contributed by atoms with van der Waals surface area (Å²) in [7, 11) is 0. The lowest BCUT2D eigenvalue weighted by Gasteiger charge is -2.18. The number of carbonyl (C=O) groups is 2. The van der Waals surface area contributed by atoms with Crippen LogP contribution < -0.4 is 0 Å². The Bertz CT molecular complexity index is 203. The molecule has 0 bridgehead atoms. The van der Waals surface area contributed by atoms with E-state index in [1.54, 1.807) is 0 Å². The quantitative estimate of drug-likeness (QED) is 0.548. The number of hydrogen-bond donors (Lipinski definition) is 1. The number of esters is 1. The molecule has 0 aromatic rings. The standard InChI is InChI=1S/C6H7BrO4/c7-3-6(5(9)10)2-1-4(8)11-6/h1-3H2,(H,9,10). The molecular weight excluding hydrogens is 216 g/mol. The molecule has 0 radical (unpaired) electrons. The Morgan fingerprint density at radius 1 is 1.82 bits per heavy atom. The highest BCUT2D eigenvalue weighted by molar-refractivity contribution is 9.09. The second-order valence-corrected chi connectivity index (χ2v) is 2.97. The molecule has 1 aliphatic heterocycles. The Kier molecular flexibility index (Phi) is 2.17. The second kappa shape index (κ2) is 2.81. The van der Waals surface area contributed by atoms with Crippen molar-refractivity contribution in [1.82, 2.24) is 0 Å². The van der Waals surface area contributed by atoms with Gasteiger partial charge in [0.25, 0.3) is 0 Å². The van der Waals surface area contributed by atoms with Gasteiger partial charge in [0.15, 0.2) is 0 Å². The van der Waals surface area contributed by atoms with E-state index in [1.165, 1.54) is 0 Å². The smallest absolute Gasteiger partial charge is 0.349 e. The Balaban J connectivity index is 2.78. The van der Waals surface area contributed by atoms with Crippen molar-refractivity contribution in [3.05, 3.63) is 0 Å². The number of hydrogen-bond acceptors (Lipinski definition) is 3. The molecule has 0 aromatic carbocycles. The zero-order chi connectivity index (χ0) is 8.48. The van der Waals surface area contributed by atoms with Gasteiger partial charge in [-0.05, 0) is 0 Å². The van der Waals surface area contributed by atoms with E-state index in [4.69, 9.17) is 5.11 Å². The van der Waals surface area contributed by atoms with Gasteiger partial charge in [0.1, 0.15) is 0 Å². The van der Waals surface area contributed by atoms with E-state index in [1.807, 2.05) is 0 Å². The molecule has 1 unspecified atom stereocenters. The summed E-state index contributed by atoms with van der Waals surface area (Å²) in [6, 6.07) is 0. The Labute approximate surface area is 71.7 Å². The Morgan fingerprint density at radius 3 is 2.64 bits per heavy atom. The lowest BCUT2D eigenvalue weighted by atomic mass is 10.0. The van der Waals surface area contributed by atoms with E-state index >= 15 is 0 Å². The molecule has 5 heteroatoms. The number of halogens is 1. The number of ether oxygens (including phenoxy) is 1. The van der Waals surface area contributed by atoms with Crippen LogP contribution in [-0.4, -0.2) is 28.0 Å². The van der Waals surface area contributed by atoms with Gasteiger partial charge in [-0.15, -0.1) is 0 Å². The predicted octanol–water partition coefficient (Wildman–Crippen LogP) is 0.542. The Hall–Kier alpha value is -0.580. The van der Waals surface area contributed by atoms with Crippen LogP contribution in [0.15, 0.2) is 0 Å². The van der Waals surface area contributed by atoms with E-state index in [9.17, 15) is 9.59 Å². The fourth-order valence-corrected chi connectivity index (χ4v) is 1.56. The van der Waals surface area contributed by atoms with Gasteiger partial charge in [-0.25, -0.2) is 4.79 Å². The first-order valence-electron chi connectivity index (χ1n) is 3.12. The summed E-state index contributed by atoms with van der Waals surface area (Å²) in [6.07, 6.45) is 0.449. The van der Waals surface area contributed by atoms with E-state index < -0.39 is 17.5 Å². The first kappa shape index (κ1) is 8.52. The maximum absolute atomic E-state index is 10.6. The zero-order valence-corrected chi connectivity index (χ0v) is 7.26. The lowest BCUT2D eigenvalue weighted by Crippen LogP contribution is -2.39. The number of cyclic esters (lactones) is 1. The number of carbonyl (C=O) groups excluding carboxylic acids is 1. The largest absolute Gasteiger partial charge is 0.478 e. The van der Waals surface area contributed by atoms with Crippen molar-refractivity contribution in [2.75, 3.05) is 5.33 Å². The zero-order valence-electron chi connectivity index (χ0n) is 5.67. The topological polar surface area (TPSA) is 63.6 Å². The molecule has 0 spiro atoms. The Morgan fingerprint density at radius 2 is 2.45 bits per heavy atom. The van der Waals surface area contributed by atoms with Crippen LogP contribution in [0.3, 0.4) is 0 Å². The molecule has 1 atom stereocenters. The van der Waals surface area contributed by atoms with E-state index in [0.29, 0.717) is 0 Å². The minimum atomic E-state index is -1.31. The SMILES string of the molecule is O=C1CCC(CBr)(C(=O)O)O1. The highest BCUT2D eigenvalue weighted by Gasteiger charge is 2.46. The van der Waals surface area contributed by atoms with Gasteiger partial charge in [0, 0.05) is 12.8 Å². The van der Waals surface area contributed by atoms with Gasteiger partial charge < -0.3 is 9.84 Å². The predicted molar refractivity (Wildman–Crippen MR) is 39.5 cm³/mol. The fraction of sp³-hybridized carbons (Fsp3) is 0.667. The van der Waals surface area contributed by atoms with Crippen molar-refractivity contribution in [2.24, 2.45) is 0 Å². The summed E-state index contributed by atoms with van der Waals surface area (Å²) in [4.78, 5) is 21.2. The molecular formula is C6H7BrO4. The third kappa shape index (κ3) is 1.38. The van der Waals surface area contributed by atoms with Crippen LogP contribution in [0.5, 0.6) is 0 Å². The van der Waals surface area contributed by atoms with Crippen LogP contribution in [0, 0.1) is 0 Å². The average Bonchev–Trinajstić information content (AvgIpc) is 2.33. The normalized spacial score (nSPS) is 30.1. The van der Waals surface area contributed by atoms with Crippen LogP contribution in [0.25, 0.3) is 0 Å². The average molecular weight is 223 g/mol. The van der Waals surface area contributed by atoms with Crippen LogP contribution in [0.1, 0.15) is 12.8 Å². The maximum Gasteiger partial charge on any atom is 0.349 e. The van der Waals surface area contributed by atoms with Gasteiger partial charge in [-0.1, -0.05) is 15.9 Å². The molecule has 4 nitrogen and oxygen atoms in total. The van der Waals surface area contributed by atoms with Gasteiger partial charge in [0.2, 0.25) is 5.60 Å². The molecule has 0 saturated carbocycles. The highest BCUT2D eigenvalue weighted by atomic mass is 79.9. The summed E-state index contributed by atoms with van der Waals surface area (Å²) >= 11 is 3.00. The molecule has 1 saturated heterocycles. The van der Waals surface area contributed by atoms with E-state index in [2.05, 4.69) is 20.7 Å². The molecule has 1 N–H and O–H groups in total. The number of rotatable bonds is 2. The van der Waals surface area contributed by atoms with Crippen molar-refractivity contribution in [1.29, 1.82) is 0 Å². The maximum atomic E-state index is 10.6.